The zero-order chi connectivity index (χ0) is 20.3. The second kappa shape index (κ2) is 8.67. The van der Waals surface area contributed by atoms with Crippen LogP contribution in [-0.2, 0) is 14.3 Å². The van der Waals surface area contributed by atoms with Crippen LogP contribution in [0.1, 0.15) is 29.3 Å². The van der Waals surface area contributed by atoms with Gasteiger partial charge in [0.05, 0.1) is 11.3 Å². The Labute approximate surface area is 172 Å². The Morgan fingerprint density at radius 3 is 2.82 bits per heavy atom. The van der Waals surface area contributed by atoms with Gasteiger partial charge < -0.3 is 15.4 Å². The van der Waals surface area contributed by atoms with E-state index in [-0.39, 0.29) is 11.5 Å². The summed E-state index contributed by atoms with van der Waals surface area (Å²) in [7, 11) is 0. The highest BCUT2D eigenvalue weighted by Gasteiger charge is 2.21. The Hall–Kier alpha value is -2.51. The molecule has 0 spiro atoms. The van der Waals surface area contributed by atoms with E-state index in [2.05, 4.69) is 10.6 Å². The van der Waals surface area contributed by atoms with Crippen molar-refractivity contribution >= 4 is 52.5 Å². The van der Waals surface area contributed by atoms with Gasteiger partial charge in [0.2, 0.25) is 5.91 Å². The lowest BCUT2D eigenvalue weighted by Crippen LogP contribution is -2.30. The number of fused-ring (bicyclic) bond motifs is 1. The summed E-state index contributed by atoms with van der Waals surface area (Å²) in [5.74, 6) is -0.515. The number of anilines is 2. The molecule has 8 heteroatoms. The molecule has 0 saturated carbocycles. The van der Waals surface area contributed by atoms with Crippen molar-refractivity contribution in [1.29, 1.82) is 0 Å². The maximum absolute atomic E-state index is 12.4. The summed E-state index contributed by atoms with van der Waals surface area (Å²) in [5, 5.41) is 5.99. The number of thioether (sulfide) groups is 1. The maximum Gasteiger partial charge on any atom is 0.338 e. The molecule has 28 heavy (non-hydrogen) atoms. The molecule has 1 aliphatic rings. The number of rotatable bonds is 4. The fraction of sp³-hybridized carbons (Fsp3) is 0.250. The molecule has 3 rings (SSSR count). The molecule has 1 atom stereocenters. The molecule has 0 radical (unpaired) electrons. The highest BCUT2D eigenvalue weighted by atomic mass is 35.5. The molecule has 2 aromatic carbocycles. The molecule has 0 aromatic heterocycles. The van der Waals surface area contributed by atoms with Crippen molar-refractivity contribution in [3.8, 4) is 0 Å². The van der Waals surface area contributed by atoms with Crippen molar-refractivity contribution in [2.75, 3.05) is 16.4 Å². The van der Waals surface area contributed by atoms with Gasteiger partial charge in [-0.1, -0.05) is 17.7 Å². The molecular formula is C20H19ClN2O4S. The number of halogens is 1. The summed E-state index contributed by atoms with van der Waals surface area (Å²) >= 11 is 7.50. The number of hydrogen-bond donors (Lipinski definition) is 2. The van der Waals surface area contributed by atoms with E-state index in [1.807, 2.05) is 6.92 Å². The van der Waals surface area contributed by atoms with E-state index in [1.165, 1.54) is 6.92 Å². The minimum atomic E-state index is -1.01. The SMILES string of the molecule is Cc1ccc(Cl)cc1NC(=O)[C@@H](C)OC(=O)c1ccc2c(c1)NC(=O)CCS2. The van der Waals surface area contributed by atoms with Crippen molar-refractivity contribution in [2.24, 2.45) is 0 Å². The molecular weight excluding hydrogens is 400 g/mol. The van der Waals surface area contributed by atoms with E-state index < -0.39 is 18.0 Å². The Balaban J connectivity index is 1.67. The van der Waals surface area contributed by atoms with Crippen LogP contribution in [0.25, 0.3) is 0 Å². The van der Waals surface area contributed by atoms with E-state index in [0.29, 0.717) is 28.6 Å². The van der Waals surface area contributed by atoms with Crippen LogP contribution in [0.2, 0.25) is 5.02 Å². The van der Waals surface area contributed by atoms with Crippen LogP contribution in [0.15, 0.2) is 41.3 Å². The number of benzene rings is 2. The topological polar surface area (TPSA) is 84.5 Å². The fourth-order valence-electron chi connectivity index (χ4n) is 2.59. The summed E-state index contributed by atoms with van der Waals surface area (Å²) < 4.78 is 5.29. The lowest BCUT2D eigenvalue weighted by atomic mass is 10.2. The highest BCUT2D eigenvalue weighted by Crippen LogP contribution is 2.31. The molecule has 0 aliphatic carbocycles. The molecule has 2 amide bonds. The third-order valence-corrected chi connectivity index (χ3v) is 5.50. The van der Waals surface area contributed by atoms with E-state index in [0.717, 1.165) is 10.5 Å². The Kier molecular flexibility index (Phi) is 6.26. The Morgan fingerprint density at radius 2 is 2.04 bits per heavy atom. The second-order valence-corrected chi connectivity index (χ2v) is 7.93. The van der Waals surface area contributed by atoms with Gasteiger partial charge in [-0.05, 0) is 49.7 Å². The average Bonchev–Trinajstić information content (AvgIpc) is 2.84. The molecule has 0 bridgehead atoms. The number of nitrogens with one attached hydrogen (secondary N) is 2. The van der Waals surface area contributed by atoms with Crippen LogP contribution < -0.4 is 10.6 Å². The third kappa shape index (κ3) is 4.85. The summed E-state index contributed by atoms with van der Waals surface area (Å²) in [5.41, 5.74) is 2.24. The van der Waals surface area contributed by atoms with Crippen molar-refractivity contribution < 1.29 is 19.1 Å². The van der Waals surface area contributed by atoms with Gasteiger partial charge in [0, 0.05) is 27.8 Å². The smallest absolute Gasteiger partial charge is 0.338 e. The zero-order valence-corrected chi connectivity index (χ0v) is 16.9. The van der Waals surface area contributed by atoms with E-state index in [9.17, 15) is 14.4 Å². The van der Waals surface area contributed by atoms with E-state index in [4.69, 9.17) is 16.3 Å². The molecule has 0 unspecified atom stereocenters. The number of ether oxygens (including phenoxy) is 1. The van der Waals surface area contributed by atoms with Crippen molar-refractivity contribution in [2.45, 2.75) is 31.3 Å². The van der Waals surface area contributed by atoms with Crippen LogP contribution >= 0.6 is 23.4 Å². The van der Waals surface area contributed by atoms with Crippen LogP contribution in [-0.4, -0.2) is 29.6 Å². The molecule has 146 valence electrons. The van der Waals surface area contributed by atoms with Gasteiger partial charge in [-0.15, -0.1) is 11.8 Å². The minimum Gasteiger partial charge on any atom is -0.449 e. The van der Waals surface area contributed by atoms with Gasteiger partial charge in [-0.25, -0.2) is 4.79 Å². The molecule has 2 aromatic rings. The summed E-state index contributed by atoms with van der Waals surface area (Å²) in [4.78, 5) is 37.4. The first-order valence-electron chi connectivity index (χ1n) is 8.68. The van der Waals surface area contributed by atoms with Crippen LogP contribution in [0.5, 0.6) is 0 Å². The first-order chi connectivity index (χ1) is 13.3. The number of hydrogen-bond acceptors (Lipinski definition) is 5. The summed E-state index contributed by atoms with van der Waals surface area (Å²) in [6.07, 6.45) is -0.590. The monoisotopic (exact) mass is 418 g/mol. The highest BCUT2D eigenvalue weighted by molar-refractivity contribution is 7.99. The van der Waals surface area contributed by atoms with Crippen molar-refractivity contribution in [3.05, 3.63) is 52.5 Å². The van der Waals surface area contributed by atoms with E-state index in [1.54, 1.807) is 48.2 Å². The number of aryl methyl sites for hydroxylation is 1. The van der Waals surface area contributed by atoms with Crippen LogP contribution in [0, 0.1) is 6.92 Å². The summed E-state index contributed by atoms with van der Waals surface area (Å²) in [6, 6.07) is 10.1. The predicted octanol–water partition coefficient (Wildman–Crippen LogP) is 4.27. The molecule has 0 fully saturated rings. The minimum absolute atomic E-state index is 0.0959. The molecule has 1 aliphatic heterocycles. The van der Waals surface area contributed by atoms with Gasteiger partial charge in [0.15, 0.2) is 6.10 Å². The lowest BCUT2D eigenvalue weighted by Gasteiger charge is -2.15. The molecule has 6 nitrogen and oxygen atoms in total. The number of esters is 1. The van der Waals surface area contributed by atoms with Gasteiger partial charge in [-0.3, -0.25) is 9.59 Å². The largest absolute Gasteiger partial charge is 0.449 e. The van der Waals surface area contributed by atoms with Gasteiger partial charge in [-0.2, -0.15) is 0 Å². The Bertz CT molecular complexity index is 948. The standard InChI is InChI=1S/C20H19ClN2O4S/c1-11-3-5-14(21)10-15(11)23-19(25)12(2)27-20(26)13-4-6-17-16(9-13)22-18(24)7-8-28-17/h3-6,9-10,12H,7-8H2,1-2H3,(H,22,24)(H,23,25)/t12-/m1/s1. The van der Waals surface area contributed by atoms with Gasteiger partial charge in [0.25, 0.3) is 5.91 Å². The zero-order valence-electron chi connectivity index (χ0n) is 15.4. The fourth-order valence-corrected chi connectivity index (χ4v) is 3.70. The molecule has 1 heterocycles. The predicted molar refractivity (Wildman–Crippen MR) is 110 cm³/mol. The maximum atomic E-state index is 12.4. The first kappa shape index (κ1) is 20.2. The van der Waals surface area contributed by atoms with Crippen LogP contribution in [0.4, 0.5) is 11.4 Å². The third-order valence-electron chi connectivity index (χ3n) is 4.19. The Morgan fingerprint density at radius 1 is 1.25 bits per heavy atom. The van der Waals surface area contributed by atoms with Gasteiger partial charge >= 0.3 is 5.97 Å². The molecule has 2 N–H and O–H groups in total. The lowest BCUT2D eigenvalue weighted by molar-refractivity contribution is -0.123. The number of amides is 2. The van der Waals surface area contributed by atoms with Gasteiger partial charge in [0.1, 0.15) is 0 Å². The first-order valence-corrected chi connectivity index (χ1v) is 10.0. The normalized spacial score (nSPS) is 14.3. The second-order valence-electron chi connectivity index (χ2n) is 6.35. The van der Waals surface area contributed by atoms with Crippen molar-refractivity contribution in [1.82, 2.24) is 0 Å². The average molecular weight is 419 g/mol. The summed E-state index contributed by atoms with van der Waals surface area (Å²) in [6.45, 7) is 3.33. The van der Waals surface area contributed by atoms with E-state index >= 15 is 0 Å². The number of carbonyl (C=O) groups is 3. The molecule has 0 saturated heterocycles. The van der Waals surface area contributed by atoms with Crippen molar-refractivity contribution in [3.63, 3.8) is 0 Å². The van der Waals surface area contributed by atoms with Crippen LogP contribution in [0.3, 0.4) is 0 Å². The number of carbonyl (C=O) groups excluding carboxylic acids is 3. The quantitative estimate of drug-likeness (QED) is 0.724.